The lowest BCUT2D eigenvalue weighted by Gasteiger charge is -2.31. The van der Waals surface area contributed by atoms with E-state index in [2.05, 4.69) is 10.4 Å². The van der Waals surface area contributed by atoms with Crippen molar-refractivity contribution in [3.05, 3.63) is 46.5 Å². The minimum atomic E-state index is -0.429. The van der Waals surface area contributed by atoms with Gasteiger partial charge >= 0.3 is 0 Å². The fourth-order valence-corrected chi connectivity index (χ4v) is 3.67. The van der Waals surface area contributed by atoms with Crippen molar-refractivity contribution < 1.29 is 9.18 Å². The Morgan fingerprint density at radius 2 is 2.04 bits per heavy atom. The molecule has 1 aromatic heterocycles. The summed E-state index contributed by atoms with van der Waals surface area (Å²) in [6.07, 6.45) is 4.04. The van der Waals surface area contributed by atoms with Crippen LogP contribution in [-0.4, -0.2) is 27.8 Å². The number of carbonyl (C=O) groups excluding carboxylic acids is 1. The van der Waals surface area contributed by atoms with Crippen LogP contribution in [-0.2, 0) is 12.8 Å². The van der Waals surface area contributed by atoms with E-state index in [1.54, 1.807) is 10.7 Å². The Morgan fingerprint density at radius 3 is 2.63 bits per heavy atom. The lowest BCUT2D eigenvalue weighted by atomic mass is 9.92. The minimum Gasteiger partial charge on any atom is -0.344 e. The van der Waals surface area contributed by atoms with Crippen molar-refractivity contribution in [1.82, 2.24) is 15.1 Å². The SMILES string of the molecule is CCC(CC)(CN)NC(=O)c1nn(-c2ccc(C)cc2F)c2c1CCC2.Cl. The van der Waals surface area contributed by atoms with Crippen LogP contribution in [0.3, 0.4) is 0 Å². The standard InChI is InChI=1S/C20H27FN4O.ClH/c1-4-20(5-2,12-22)23-19(26)18-14-7-6-8-16(14)25(24-18)17-10-9-13(3)11-15(17)21;/h9-11H,4-8,12,22H2,1-3H3,(H,23,26);1H. The number of nitrogens with zero attached hydrogens (tertiary/aromatic N) is 2. The van der Waals surface area contributed by atoms with E-state index in [4.69, 9.17) is 5.73 Å². The number of hydrogen-bond acceptors (Lipinski definition) is 3. The molecule has 5 nitrogen and oxygen atoms in total. The van der Waals surface area contributed by atoms with E-state index in [9.17, 15) is 9.18 Å². The summed E-state index contributed by atoms with van der Waals surface area (Å²) < 4.78 is 16.1. The van der Waals surface area contributed by atoms with Crippen LogP contribution in [0.15, 0.2) is 18.2 Å². The number of amides is 1. The maximum absolute atomic E-state index is 14.5. The fraction of sp³-hybridized carbons (Fsp3) is 0.500. The molecule has 0 saturated carbocycles. The number of hydrogen-bond donors (Lipinski definition) is 2. The third-order valence-electron chi connectivity index (χ3n) is 5.60. The molecule has 1 aromatic carbocycles. The highest BCUT2D eigenvalue weighted by Crippen LogP contribution is 2.29. The molecule has 0 radical (unpaired) electrons. The quantitative estimate of drug-likeness (QED) is 0.787. The maximum atomic E-state index is 14.5. The highest BCUT2D eigenvalue weighted by atomic mass is 35.5. The van der Waals surface area contributed by atoms with Crippen molar-refractivity contribution in [2.45, 2.75) is 58.4 Å². The number of carbonyl (C=O) groups is 1. The molecule has 0 fully saturated rings. The Balaban J connectivity index is 0.00000261. The third kappa shape index (κ3) is 3.87. The molecule has 1 aliphatic carbocycles. The van der Waals surface area contributed by atoms with E-state index in [0.717, 1.165) is 48.9 Å². The number of halogens is 2. The van der Waals surface area contributed by atoms with E-state index in [-0.39, 0.29) is 24.1 Å². The summed E-state index contributed by atoms with van der Waals surface area (Å²) in [5, 5.41) is 7.58. The van der Waals surface area contributed by atoms with Crippen LogP contribution in [0.2, 0.25) is 0 Å². The van der Waals surface area contributed by atoms with Gasteiger partial charge in [-0.3, -0.25) is 4.79 Å². The highest BCUT2D eigenvalue weighted by Gasteiger charge is 2.32. The number of nitrogens with two attached hydrogens (primary N) is 1. The van der Waals surface area contributed by atoms with Crippen LogP contribution in [0.5, 0.6) is 0 Å². The average Bonchev–Trinajstić information content (AvgIpc) is 3.23. The molecule has 148 valence electrons. The van der Waals surface area contributed by atoms with Crippen molar-refractivity contribution >= 4 is 18.3 Å². The summed E-state index contributed by atoms with van der Waals surface area (Å²) >= 11 is 0. The van der Waals surface area contributed by atoms with Gasteiger partial charge in [-0.25, -0.2) is 9.07 Å². The summed E-state index contributed by atoms with van der Waals surface area (Å²) in [4.78, 5) is 12.9. The molecule has 3 rings (SSSR count). The first-order valence-corrected chi connectivity index (χ1v) is 9.34. The average molecular weight is 395 g/mol. The Bertz CT molecular complexity index is 821. The van der Waals surface area contributed by atoms with Gasteiger partial charge in [0.25, 0.3) is 5.91 Å². The van der Waals surface area contributed by atoms with Crippen molar-refractivity contribution in [1.29, 1.82) is 0 Å². The molecular weight excluding hydrogens is 367 g/mol. The summed E-state index contributed by atoms with van der Waals surface area (Å²) in [7, 11) is 0. The second kappa shape index (κ2) is 8.40. The van der Waals surface area contributed by atoms with E-state index in [0.29, 0.717) is 17.9 Å². The zero-order chi connectivity index (χ0) is 18.9. The molecule has 1 amide bonds. The van der Waals surface area contributed by atoms with Gasteiger partial charge in [0.1, 0.15) is 11.5 Å². The second-order valence-electron chi connectivity index (χ2n) is 7.14. The van der Waals surface area contributed by atoms with Gasteiger partial charge in [-0.05, 0) is 56.7 Å². The number of rotatable bonds is 6. The first-order chi connectivity index (χ1) is 12.4. The first kappa shape index (κ1) is 21.4. The Kier molecular flexibility index (Phi) is 6.65. The highest BCUT2D eigenvalue weighted by molar-refractivity contribution is 5.94. The predicted molar refractivity (Wildman–Crippen MR) is 107 cm³/mol. The number of aryl methyl sites for hydroxylation is 1. The molecule has 0 spiro atoms. The van der Waals surface area contributed by atoms with Gasteiger partial charge in [0, 0.05) is 17.8 Å². The molecule has 7 heteroatoms. The van der Waals surface area contributed by atoms with Crippen molar-refractivity contribution in [3.8, 4) is 5.69 Å². The summed E-state index contributed by atoms with van der Waals surface area (Å²) in [5.41, 5.74) is 8.99. The van der Waals surface area contributed by atoms with Crippen molar-refractivity contribution in [2.24, 2.45) is 5.73 Å². The number of benzene rings is 1. The van der Waals surface area contributed by atoms with Gasteiger partial charge < -0.3 is 11.1 Å². The summed E-state index contributed by atoms with van der Waals surface area (Å²) in [6, 6.07) is 5.07. The molecule has 0 atom stereocenters. The molecule has 3 N–H and O–H groups in total. The number of fused-ring (bicyclic) bond motifs is 1. The summed E-state index contributed by atoms with van der Waals surface area (Å²) in [6.45, 7) is 6.26. The second-order valence-corrected chi connectivity index (χ2v) is 7.14. The van der Waals surface area contributed by atoms with Gasteiger partial charge in [-0.2, -0.15) is 5.10 Å². The maximum Gasteiger partial charge on any atom is 0.272 e. The monoisotopic (exact) mass is 394 g/mol. The van der Waals surface area contributed by atoms with Crippen molar-refractivity contribution in [2.75, 3.05) is 6.54 Å². The molecule has 27 heavy (non-hydrogen) atoms. The molecule has 0 unspecified atom stereocenters. The normalized spacial score (nSPS) is 13.2. The Hall–Kier alpha value is -1.92. The van der Waals surface area contributed by atoms with Gasteiger partial charge in [0.05, 0.1) is 5.54 Å². The molecular formula is C20H28ClFN4O. The van der Waals surface area contributed by atoms with Crippen LogP contribution in [0.4, 0.5) is 4.39 Å². The zero-order valence-corrected chi connectivity index (χ0v) is 17.0. The first-order valence-electron chi connectivity index (χ1n) is 9.34. The van der Waals surface area contributed by atoms with E-state index in [1.807, 2.05) is 26.8 Å². The topological polar surface area (TPSA) is 72.9 Å². The van der Waals surface area contributed by atoms with E-state index >= 15 is 0 Å². The Morgan fingerprint density at radius 1 is 1.33 bits per heavy atom. The fourth-order valence-electron chi connectivity index (χ4n) is 3.67. The van der Waals surface area contributed by atoms with Crippen LogP contribution in [0.1, 0.15) is 60.4 Å². The number of aromatic nitrogens is 2. The smallest absolute Gasteiger partial charge is 0.272 e. The van der Waals surface area contributed by atoms with Gasteiger partial charge in [0.15, 0.2) is 5.69 Å². The molecule has 1 heterocycles. The lowest BCUT2D eigenvalue weighted by Crippen LogP contribution is -2.53. The molecule has 0 bridgehead atoms. The minimum absolute atomic E-state index is 0. The summed E-state index contributed by atoms with van der Waals surface area (Å²) in [5.74, 6) is -0.545. The van der Waals surface area contributed by atoms with Crippen LogP contribution in [0, 0.1) is 12.7 Å². The molecule has 2 aromatic rings. The number of nitrogens with one attached hydrogen (secondary N) is 1. The van der Waals surface area contributed by atoms with E-state index in [1.165, 1.54) is 6.07 Å². The van der Waals surface area contributed by atoms with Crippen LogP contribution in [0.25, 0.3) is 5.69 Å². The van der Waals surface area contributed by atoms with Crippen LogP contribution >= 0.6 is 12.4 Å². The van der Waals surface area contributed by atoms with Crippen molar-refractivity contribution in [3.63, 3.8) is 0 Å². The van der Waals surface area contributed by atoms with Gasteiger partial charge in [-0.1, -0.05) is 19.9 Å². The predicted octanol–water partition coefficient (Wildman–Crippen LogP) is 3.48. The molecule has 0 aliphatic heterocycles. The molecule has 1 aliphatic rings. The van der Waals surface area contributed by atoms with Gasteiger partial charge in [-0.15, -0.1) is 12.4 Å². The lowest BCUT2D eigenvalue weighted by molar-refractivity contribution is 0.0888. The zero-order valence-electron chi connectivity index (χ0n) is 16.1. The third-order valence-corrected chi connectivity index (χ3v) is 5.60. The Labute approximate surface area is 165 Å². The largest absolute Gasteiger partial charge is 0.344 e. The van der Waals surface area contributed by atoms with Crippen LogP contribution < -0.4 is 11.1 Å². The molecule has 0 saturated heterocycles. The van der Waals surface area contributed by atoms with Gasteiger partial charge in [0.2, 0.25) is 0 Å². The van der Waals surface area contributed by atoms with E-state index < -0.39 is 5.54 Å².